The van der Waals surface area contributed by atoms with E-state index in [0.29, 0.717) is 11.9 Å². The quantitative estimate of drug-likeness (QED) is 0.691. The first-order valence-electron chi connectivity index (χ1n) is 6.53. The van der Waals surface area contributed by atoms with Crippen molar-refractivity contribution in [1.29, 1.82) is 0 Å². The van der Waals surface area contributed by atoms with Crippen LogP contribution >= 0.6 is 0 Å². The van der Waals surface area contributed by atoms with Crippen molar-refractivity contribution in [3.8, 4) is 0 Å². The highest BCUT2D eigenvalue weighted by Gasteiger charge is 1.99. The molecule has 0 aromatic carbocycles. The van der Waals surface area contributed by atoms with Gasteiger partial charge in [-0.15, -0.1) is 0 Å². The van der Waals surface area contributed by atoms with Gasteiger partial charge in [0.15, 0.2) is 0 Å². The molecule has 0 atom stereocenters. The smallest absolute Gasteiger partial charge is 0.224 e. The van der Waals surface area contributed by atoms with E-state index in [4.69, 9.17) is 0 Å². The van der Waals surface area contributed by atoms with Crippen LogP contribution in [0.1, 0.15) is 20.3 Å². The fourth-order valence-electron chi connectivity index (χ4n) is 1.45. The number of hydrogen-bond donors (Lipinski definition) is 2. The van der Waals surface area contributed by atoms with E-state index in [9.17, 15) is 0 Å². The van der Waals surface area contributed by atoms with Crippen LogP contribution in [0.15, 0.2) is 12.3 Å². The van der Waals surface area contributed by atoms with Gasteiger partial charge in [-0.05, 0) is 39.0 Å². The zero-order valence-electron chi connectivity index (χ0n) is 11.9. The predicted octanol–water partition coefficient (Wildman–Crippen LogP) is 1.91. The van der Waals surface area contributed by atoms with Gasteiger partial charge in [-0.3, -0.25) is 0 Å². The topological polar surface area (TPSA) is 53.1 Å². The molecule has 0 spiro atoms. The van der Waals surface area contributed by atoms with E-state index in [-0.39, 0.29) is 0 Å². The summed E-state index contributed by atoms with van der Waals surface area (Å²) >= 11 is 0. The molecule has 1 rings (SSSR count). The first-order valence-corrected chi connectivity index (χ1v) is 6.53. The van der Waals surface area contributed by atoms with Gasteiger partial charge in [-0.1, -0.05) is 13.8 Å². The monoisotopic (exact) mass is 251 g/mol. The molecule has 0 aliphatic heterocycles. The summed E-state index contributed by atoms with van der Waals surface area (Å²) in [6, 6.07) is 1.90. The minimum absolute atomic E-state index is 0.608. The summed E-state index contributed by atoms with van der Waals surface area (Å²) in [5.41, 5.74) is 0. The molecule has 0 unspecified atom stereocenters. The second-order valence-corrected chi connectivity index (χ2v) is 5.12. The molecule has 0 saturated carbocycles. The fraction of sp³-hybridized carbons (Fsp3) is 0.692. The maximum Gasteiger partial charge on any atom is 0.224 e. The molecule has 0 bridgehead atoms. The molecule has 1 aromatic heterocycles. The lowest BCUT2D eigenvalue weighted by molar-refractivity contribution is 0.405. The number of nitrogens with zero attached hydrogens (tertiary/aromatic N) is 3. The van der Waals surface area contributed by atoms with Gasteiger partial charge < -0.3 is 15.5 Å². The Hall–Kier alpha value is -1.36. The zero-order valence-corrected chi connectivity index (χ0v) is 11.9. The van der Waals surface area contributed by atoms with Crippen molar-refractivity contribution in [2.75, 3.05) is 44.4 Å². The minimum Gasteiger partial charge on any atom is -0.370 e. The van der Waals surface area contributed by atoms with Crippen LogP contribution in [0.25, 0.3) is 0 Å². The summed E-state index contributed by atoms with van der Waals surface area (Å²) in [6.45, 7) is 7.24. The largest absolute Gasteiger partial charge is 0.370 e. The SMILES string of the molecule is CC(C)CNc1ccnc(NCCCN(C)C)n1. The van der Waals surface area contributed by atoms with Gasteiger partial charge in [0.05, 0.1) is 0 Å². The summed E-state index contributed by atoms with van der Waals surface area (Å²) in [6.07, 6.45) is 2.87. The van der Waals surface area contributed by atoms with Crippen molar-refractivity contribution in [3.63, 3.8) is 0 Å². The summed E-state index contributed by atoms with van der Waals surface area (Å²) in [5.74, 6) is 2.19. The third-order valence-electron chi connectivity index (χ3n) is 2.41. The van der Waals surface area contributed by atoms with Gasteiger partial charge in [-0.2, -0.15) is 4.98 Å². The van der Waals surface area contributed by atoms with E-state index in [1.54, 1.807) is 6.20 Å². The molecule has 0 amide bonds. The van der Waals surface area contributed by atoms with Crippen LogP contribution in [0.2, 0.25) is 0 Å². The first kappa shape index (κ1) is 14.7. The summed E-state index contributed by atoms with van der Waals surface area (Å²) < 4.78 is 0. The van der Waals surface area contributed by atoms with Crippen molar-refractivity contribution >= 4 is 11.8 Å². The Balaban J connectivity index is 2.34. The molecule has 0 aliphatic carbocycles. The molecular formula is C13H25N5. The van der Waals surface area contributed by atoms with Crippen molar-refractivity contribution in [1.82, 2.24) is 14.9 Å². The highest BCUT2D eigenvalue weighted by atomic mass is 15.1. The molecular weight excluding hydrogens is 226 g/mol. The van der Waals surface area contributed by atoms with Crippen LogP contribution in [0.5, 0.6) is 0 Å². The van der Waals surface area contributed by atoms with Gasteiger partial charge in [0.1, 0.15) is 5.82 Å². The molecule has 0 aliphatic rings. The van der Waals surface area contributed by atoms with Gasteiger partial charge in [0, 0.05) is 19.3 Å². The molecule has 5 heteroatoms. The van der Waals surface area contributed by atoms with Gasteiger partial charge in [0.25, 0.3) is 0 Å². The minimum atomic E-state index is 0.608. The van der Waals surface area contributed by atoms with Crippen LogP contribution < -0.4 is 10.6 Å². The maximum atomic E-state index is 4.41. The Bertz CT molecular complexity index is 338. The van der Waals surface area contributed by atoms with E-state index in [1.165, 1.54) is 0 Å². The van der Waals surface area contributed by atoms with E-state index >= 15 is 0 Å². The first-order chi connectivity index (χ1) is 8.58. The summed E-state index contributed by atoms with van der Waals surface area (Å²) in [7, 11) is 4.15. The summed E-state index contributed by atoms with van der Waals surface area (Å²) in [4.78, 5) is 10.8. The molecule has 0 radical (unpaired) electrons. The second kappa shape index (κ2) is 7.87. The Morgan fingerprint density at radius 3 is 2.72 bits per heavy atom. The lowest BCUT2D eigenvalue weighted by atomic mass is 10.2. The second-order valence-electron chi connectivity index (χ2n) is 5.12. The highest BCUT2D eigenvalue weighted by molar-refractivity contribution is 5.39. The average Bonchev–Trinajstić information content (AvgIpc) is 2.32. The van der Waals surface area contributed by atoms with Gasteiger partial charge in [-0.25, -0.2) is 4.98 Å². The Morgan fingerprint density at radius 2 is 2.06 bits per heavy atom. The number of nitrogens with one attached hydrogen (secondary N) is 2. The van der Waals surface area contributed by atoms with E-state index in [1.807, 2.05) is 6.07 Å². The van der Waals surface area contributed by atoms with Crippen molar-refractivity contribution in [3.05, 3.63) is 12.3 Å². The third kappa shape index (κ3) is 6.39. The van der Waals surface area contributed by atoms with Crippen LogP contribution in [0.4, 0.5) is 11.8 Å². The van der Waals surface area contributed by atoms with Gasteiger partial charge in [0.2, 0.25) is 5.95 Å². The molecule has 102 valence electrons. The van der Waals surface area contributed by atoms with Crippen molar-refractivity contribution in [2.45, 2.75) is 20.3 Å². The zero-order chi connectivity index (χ0) is 13.4. The highest BCUT2D eigenvalue weighted by Crippen LogP contribution is 2.06. The maximum absolute atomic E-state index is 4.41. The predicted molar refractivity (Wildman–Crippen MR) is 77.0 cm³/mol. The Morgan fingerprint density at radius 1 is 1.28 bits per heavy atom. The Kier molecular flexibility index (Phi) is 6.43. The lowest BCUT2D eigenvalue weighted by Crippen LogP contribution is -2.17. The molecule has 1 aromatic rings. The van der Waals surface area contributed by atoms with E-state index < -0.39 is 0 Å². The number of anilines is 2. The van der Waals surface area contributed by atoms with E-state index in [0.717, 1.165) is 31.9 Å². The Labute approximate surface area is 110 Å². The third-order valence-corrected chi connectivity index (χ3v) is 2.41. The molecule has 0 fully saturated rings. The lowest BCUT2D eigenvalue weighted by Gasteiger charge is -2.11. The molecule has 1 heterocycles. The molecule has 18 heavy (non-hydrogen) atoms. The van der Waals surface area contributed by atoms with Crippen LogP contribution in [0, 0.1) is 5.92 Å². The number of aromatic nitrogens is 2. The number of hydrogen-bond acceptors (Lipinski definition) is 5. The van der Waals surface area contributed by atoms with Crippen LogP contribution in [0.3, 0.4) is 0 Å². The average molecular weight is 251 g/mol. The van der Waals surface area contributed by atoms with Crippen molar-refractivity contribution < 1.29 is 0 Å². The van der Waals surface area contributed by atoms with Crippen LogP contribution in [-0.4, -0.2) is 48.6 Å². The molecule has 0 saturated heterocycles. The fourth-order valence-corrected chi connectivity index (χ4v) is 1.45. The van der Waals surface area contributed by atoms with Crippen molar-refractivity contribution in [2.24, 2.45) is 5.92 Å². The summed E-state index contributed by atoms with van der Waals surface area (Å²) in [5, 5.41) is 6.53. The molecule has 2 N–H and O–H groups in total. The van der Waals surface area contributed by atoms with E-state index in [2.05, 4.69) is 53.4 Å². The standard InChI is InChI=1S/C13H25N5/c1-11(2)10-16-12-6-8-15-13(17-12)14-7-5-9-18(3)4/h6,8,11H,5,7,9-10H2,1-4H3,(H2,14,15,16,17). The molecule has 5 nitrogen and oxygen atoms in total. The van der Waals surface area contributed by atoms with Gasteiger partial charge >= 0.3 is 0 Å². The number of rotatable bonds is 8. The normalized spacial score (nSPS) is 11.0. The van der Waals surface area contributed by atoms with Crippen LogP contribution in [-0.2, 0) is 0 Å².